The second-order valence-electron chi connectivity index (χ2n) is 8.13. The number of nitrogens with zero attached hydrogens (tertiary/aromatic N) is 3. The second kappa shape index (κ2) is 7.98. The number of carbonyl (C=O) groups excluding carboxylic acids is 2. The Morgan fingerprint density at radius 2 is 1.81 bits per heavy atom. The van der Waals surface area contributed by atoms with Gasteiger partial charge in [0.1, 0.15) is 6.04 Å². The van der Waals surface area contributed by atoms with Crippen molar-refractivity contribution in [2.45, 2.75) is 44.8 Å². The van der Waals surface area contributed by atoms with Gasteiger partial charge in [0.15, 0.2) is 0 Å². The van der Waals surface area contributed by atoms with Crippen molar-refractivity contribution in [2.24, 2.45) is 0 Å². The molecule has 5 rings (SSSR count). The molecule has 0 aromatic heterocycles. The summed E-state index contributed by atoms with van der Waals surface area (Å²) in [6.07, 6.45) is 3.40. The zero-order valence-corrected chi connectivity index (χ0v) is 16.2. The van der Waals surface area contributed by atoms with Crippen LogP contribution < -0.4 is 5.32 Å². The predicted octanol–water partition coefficient (Wildman–Crippen LogP) is 1.32. The van der Waals surface area contributed by atoms with Gasteiger partial charge in [-0.25, -0.2) is 0 Å². The Morgan fingerprint density at radius 1 is 1.04 bits per heavy atom. The van der Waals surface area contributed by atoms with Gasteiger partial charge in [0.2, 0.25) is 5.91 Å². The van der Waals surface area contributed by atoms with Crippen LogP contribution >= 0.6 is 0 Å². The minimum atomic E-state index is -0.0480. The first-order valence-electron chi connectivity index (χ1n) is 10.3. The molecule has 4 atom stereocenters. The minimum Gasteiger partial charge on any atom is -0.351 e. The number of fused-ring (bicyclic) bond motifs is 3. The zero-order valence-electron chi connectivity index (χ0n) is 16.2. The fourth-order valence-corrected chi connectivity index (χ4v) is 4.56. The lowest BCUT2D eigenvalue weighted by Crippen LogP contribution is -2.67. The summed E-state index contributed by atoms with van der Waals surface area (Å²) in [5.41, 5.74) is 1.71. The van der Waals surface area contributed by atoms with Gasteiger partial charge in [-0.3, -0.25) is 19.4 Å². The van der Waals surface area contributed by atoms with Crippen molar-refractivity contribution < 1.29 is 9.59 Å². The van der Waals surface area contributed by atoms with E-state index >= 15 is 0 Å². The molecule has 6 heteroatoms. The van der Waals surface area contributed by atoms with Gasteiger partial charge in [-0.05, 0) is 43.9 Å². The normalized spacial score (nSPS) is 30.2. The van der Waals surface area contributed by atoms with Crippen LogP contribution in [0.2, 0.25) is 0 Å². The summed E-state index contributed by atoms with van der Waals surface area (Å²) in [5, 5.41) is 3.08. The maximum absolute atomic E-state index is 12.7. The molecule has 4 aliphatic heterocycles. The number of likely N-dealkylation sites (tertiary alicyclic amines) is 1. The first-order chi connectivity index (χ1) is 13.1. The maximum Gasteiger partial charge on any atom is 0.253 e. The van der Waals surface area contributed by atoms with Gasteiger partial charge < -0.3 is 10.2 Å². The Bertz CT molecular complexity index is 701. The number of nitrogens with one attached hydrogen (secondary N) is 1. The Labute approximate surface area is 161 Å². The largest absolute Gasteiger partial charge is 0.351 e. The third kappa shape index (κ3) is 4.01. The average molecular weight is 370 g/mol. The molecule has 0 radical (unpaired) electrons. The first kappa shape index (κ1) is 18.4. The number of rotatable bonds is 4. The Morgan fingerprint density at radius 3 is 2.52 bits per heavy atom. The number of piperidine rings is 1. The minimum absolute atomic E-state index is 0.0480. The van der Waals surface area contributed by atoms with Crippen LogP contribution in [-0.2, 0) is 11.3 Å². The van der Waals surface area contributed by atoms with E-state index in [4.69, 9.17) is 0 Å². The number of benzene rings is 1. The molecule has 0 saturated carbocycles. The van der Waals surface area contributed by atoms with Crippen LogP contribution in [-0.4, -0.2) is 77.9 Å². The summed E-state index contributed by atoms with van der Waals surface area (Å²) >= 11 is 0. The standard InChI is InChI=1S/C21H30N4O2/c1-16-14-25-11-10-24(16)15-19(25)20(26)22-13-17-6-5-7-18(12-17)21(27)23-8-3-2-4-9-23/h5-7,12,16,19H,2-4,8-11,13-15H2,1H3,(H,22,26). The molecule has 4 aliphatic rings. The van der Waals surface area contributed by atoms with E-state index in [1.54, 1.807) is 0 Å². The highest BCUT2D eigenvalue weighted by Crippen LogP contribution is 2.21. The van der Waals surface area contributed by atoms with Gasteiger partial charge in [-0.2, -0.15) is 0 Å². The van der Waals surface area contributed by atoms with E-state index in [9.17, 15) is 9.59 Å². The molecule has 27 heavy (non-hydrogen) atoms. The molecule has 4 unspecified atom stereocenters. The van der Waals surface area contributed by atoms with E-state index in [-0.39, 0.29) is 17.9 Å². The molecule has 146 valence electrons. The lowest BCUT2D eigenvalue weighted by atomic mass is 10.0. The monoisotopic (exact) mass is 370 g/mol. The van der Waals surface area contributed by atoms with Gasteiger partial charge in [0.25, 0.3) is 5.91 Å². The van der Waals surface area contributed by atoms with Crippen molar-refractivity contribution in [1.29, 1.82) is 0 Å². The Kier molecular flexibility index (Phi) is 5.45. The van der Waals surface area contributed by atoms with Crippen LogP contribution in [0.3, 0.4) is 0 Å². The molecule has 1 N–H and O–H groups in total. The van der Waals surface area contributed by atoms with E-state index < -0.39 is 0 Å². The molecule has 2 amide bonds. The number of piperazine rings is 3. The lowest BCUT2D eigenvalue weighted by molar-refractivity contribution is -0.133. The molecule has 6 nitrogen and oxygen atoms in total. The van der Waals surface area contributed by atoms with Crippen LogP contribution in [0.5, 0.6) is 0 Å². The number of amides is 2. The zero-order chi connectivity index (χ0) is 18.8. The van der Waals surface area contributed by atoms with E-state index in [0.29, 0.717) is 12.6 Å². The van der Waals surface area contributed by atoms with Crippen molar-refractivity contribution in [1.82, 2.24) is 20.0 Å². The van der Waals surface area contributed by atoms with Gasteiger partial charge in [0, 0.05) is 57.4 Å². The number of carbonyl (C=O) groups is 2. The van der Waals surface area contributed by atoms with Gasteiger partial charge in [-0.15, -0.1) is 0 Å². The average Bonchev–Trinajstić information content (AvgIpc) is 2.72. The molecule has 4 fully saturated rings. The van der Waals surface area contributed by atoms with Crippen LogP contribution in [0.4, 0.5) is 0 Å². The van der Waals surface area contributed by atoms with E-state index in [0.717, 1.165) is 63.2 Å². The van der Waals surface area contributed by atoms with Crippen molar-refractivity contribution in [3.8, 4) is 0 Å². The summed E-state index contributed by atoms with van der Waals surface area (Å²) in [6.45, 7) is 8.23. The molecule has 0 aliphatic carbocycles. The summed E-state index contributed by atoms with van der Waals surface area (Å²) in [4.78, 5) is 32.0. The fraction of sp³-hybridized carbons (Fsp3) is 0.619. The third-order valence-electron chi connectivity index (χ3n) is 6.23. The Hall–Kier alpha value is -1.92. The predicted molar refractivity (Wildman–Crippen MR) is 104 cm³/mol. The van der Waals surface area contributed by atoms with Gasteiger partial charge >= 0.3 is 0 Å². The third-order valence-corrected chi connectivity index (χ3v) is 6.23. The van der Waals surface area contributed by atoms with E-state index in [1.165, 1.54) is 6.42 Å². The number of hydrogen-bond donors (Lipinski definition) is 1. The van der Waals surface area contributed by atoms with Crippen molar-refractivity contribution in [3.63, 3.8) is 0 Å². The number of hydrogen-bond acceptors (Lipinski definition) is 4. The SMILES string of the molecule is CC1CN2CCN1CC2C(=O)NCc1cccc(C(=O)N2CCCCC2)c1. The maximum atomic E-state index is 12.7. The van der Waals surface area contributed by atoms with Crippen LogP contribution in [0.25, 0.3) is 0 Å². The molecule has 2 bridgehead atoms. The molecule has 1 aromatic carbocycles. The molecular formula is C21H30N4O2. The molecule has 0 spiro atoms. The molecule has 4 saturated heterocycles. The smallest absolute Gasteiger partial charge is 0.253 e. The van der Waals surface area contributed by atoms with Gasteiger partial charge in [-0.1, -0.05) is 12.1 Å². The first-order valence-corrected chi connectivity index (χ1v) is 10.3. The van der Waals surface area contributed by atoms with E-state index in [1.807, 2.05) is 29.2 Å². The van der Waals surface area contributed by atoms with Crippen LogP contribution in [0.15, 0.2) is 24.3 Å². The van der Waals surface area contributed by atoms with Crippen molar-refractivity contribution in [3.05, 3.63) is 35.4 Å². The van der Waals surface area contributed by atoms with E-state index in [2.05, 4.69) is 22.0 Å². The molecular weight excluding hydrogens is 340 g/mol. The summed E-state index contributed by atoms with van der Waals surface area (Å²) in [7, 11) is 0. The van der Waals surface area contributed by atoms with Crippen molar-refractivity contribution in [2.75, 3.05) is 39.3 Å². The summed E-state index contributed by atoms with van der Waals surface area (Å²) in [6, 6.07) is 8.19. The fourth-order valence-electron chi connectivity index (χ4n) is 4.56. The second-order valence-corrected chi connectivity index (χ2v) is 8.13. The summed E-state index contributed by atoms with van der Waals surface area (Å²) in [5.74, 6) is 0.208. The van der Waals surface area contributed by atoms with Crippen LogP contribution in [0, 0.1) is 0 Å². The van der Waals surface area contributed by atoms with Crippen molar-refractivity contribution >= 4 is 11.8 Å². The lowest BCUT2D eigenvalue weighted by Gasteiger charge is -2.50. The molecule has 4 heterocycles. The van der Waals surface area contributed by atoms with Gasteiger partial charge in [0.05, 0.1) is 0 Å². The topological polar surface area (TPSA) is 55.9 Å². The highest BCUT2D eigenvalue weighted by Gasteiger charge is 2.39. The summed E-state index contributed by atoms with van der Waals surface area (Å²) < 4.78 is 0. The highest BCUT2D eigenvalue weighted by atomic mass is 16.2. The Balaban J connectivity index is 1.34. The highest BCUT2D eigenvalue weighted by molar-refractivity contribution is 5.94. The quantitative estimate of drug-likeness (QED) is 0.869. The van der Waals surface area contributed by atoms with Crippen LogP contribution in [0.1, 0.15) is 42.1 Å². The molecule has 1 aromatic rings.